The first-order valence-corrected chi connectivity index (χ1v) is 7.28. The maximum absolute atomic E-state index is 12.4. The molecule has 0 radical (unpaired) electrons. The molecule has 0 heterocycles. The lowest BCUT2D eigenvalue weighted by molar-refractivity contribution is -0.385. The summed E-state index contributed by atoms with van der Waals surface area (Å²) < 4.78 is 0. The Hall–Kier alpha value is -1.43. The third kappa shape index (κ3) is 3.12. The van der Waals surface area contributed by atoms with Gasteiger partial charge < -0.3 is 4.90 Å². The summed E-state index contributed by atoms with van der Waals surface area (Å²) in [6, 6.07) is 4.88. The summed E-state index contributed by atoms with van der Waals surface area (Å²) in [6.45, 7) is 2.32. The van der Waals surface area contributed by atoms with Crippen LogP contribution < -0.4 is 0 Å². The van der Waals surface area contributed by atoms with Crippen molar-refractivity contribution in [3.05, 3.63) is 39.4 Å². The van der Waals surface area contributed by atoms with Crippen LogP contribution in [0, 0.1) is 17.0 Å². The quantitative estimate of drug-likeness (QED) is 0.474. The highest BCUT2D eigenvalue weighted by molar-refractivity contribution is 9.09. The highest BCUT2D eigenvalue weighted by Gasteiger charge is 2.32. The van der Waals surface area contributed by atoms with Gasteiger partial charge in [0, 0.05) is 35.1 Å². The second-order valence-corrected chi connectivity index (χ2v) is 5.47. The standard InChI is InChI=1S/C13H15BrN2O3/c1-9-8-10(2-5-12(9)16(18)19)13(17)15(7-6-14)11-3-4-11/h2,5,8,11H,3-4,6-7H2,1H3. The fourth-order valence-electron chi connectivity index (χ4n) is 2.09. The molecular weight excluding hydrogens is 312 g/mol. The Bertz CT molecular complexity index is 515. The fraction of sp³-hybridized carbons (Fsp3) is 0.462. The van der Waals surface area contributed by atoms with Crippen LogP contribution in [0.25, 0.3) is 0 Å². The first kappa shape index (κ1) is 14.0. The average Bonchev–Trinajstić information content (AvgIpc) is 3.18. The highest BCUT2D eigenvalue weighted by Crippen LogP contribution is 2.29. The second kappa shape index (κ2) is 5.69. The molecule has 1 aromatic rings. The Kier molecular flexibility index (Phi) is 4.19. The Morgan fingerprint density at radius 1 is 1.53 bits per heavy atom. The molecule has 0 N–H and O–H groups in total. The van der Waals surface area contributed by atoms with Crippen LogP contribution in [-0.4, -0.2) is 33.6 Å². The number of alkyl halides is 1. The number of nitro benzene ring substituents is 1. The van der Waals surface area contributed by atoms with E-state index >= 15 is 0 Å². The minimum atomic E-state index is -0.430. The molecule has 6 heteroatoms. The van der Waals surface area contributed by atoms with Crippen LogP contribution in [0.4, 0.5) is 5.69 Å². The molecule has 0 bridgehead atoms. The summed E-state index contributed by atoms with van der Waals surface area (Å²) in [5, 5.41) is 11.5. The molecule has 1 saturated carbocycles. The zero-order valence-corrected chi connectivity index (χ0v) is 12.2. The number of carbonyl (C=O) groups is 1. The Balaban J connectivity index is 2.23. The van der Waals surface area contributed by atoms with Crippen LogP contribution in [0.1, 0.15) is 28.8 Å². The minimum Gasteiger partial charge on any atom is -0.335 e. The van der Waals surface area contributed by atoms with E-state index < -0.39 is 4.92 Å². The molecule has 2 rings (SSSR count). The molecular formula is C13H15BrN2O3. The third-order valence-electron chi connectivity index (χ3n) is 3.21. The molecule has 1 aliphatic carbocycles. The molecule has 102 valence electrons. The van der Waals surface area contributed by atoms with Gasteiger partial charge in [0.2, 0.25) is 0 Å². The number of amides is 1. The van der Waals surface area contributed by atoms with Crippen molar-refractivity contribution < 1.29 is 9.72 Å². The summed E-state index contributed by atoms with van der Waals surface area (Å²) in [5.74, 6) is -0.0417. The van der Waals surface area contributed by atoms with Crippen molar-refractivity contribution in [1.29, 1.82) is 0 Å². The van der Waals surface area contributed by atoms with Gasteiger partial charge >= 0.3 is 0 Å². The second-order valence-electron chi connectivity index (χ2n) is 4.68. The fourth-order valence-corrected chi connectivity index (χ4v) is 2.47. The van der Waals surface area contributed by atoms with Crippen molar-refractivity contribution >= 4 is 27.5 Å². The predicted molar refractivity (Wildman–Crippen MR) is 75.7 cm³/mol. The lowest BCUT2D eigenvalue weighted by atomic mass is 10.1. The van der Waals surface area contributed by atoms with Gasteiger partial charge in [-0.2, -0.15) is 0 Å². The van der Waals surface area contributed by atoms with Crippen molar-refractivity contribution in [2.75, 3.05) is 11.9 Å². The van der Waals surface area contributed by atoms with Crippen molar-refractivity contribution in [3.63, 3.8) is 0 Å². The lowest BCUT2D eigenvalue weighted by Crippen LogP contribution is -2.34. The molecule has 1 aromatic carbocycles. The predicted octanol–water partition coefficient (Wildman–Crippen LogP) is 2.90. The van der Waals surface area contributed by atoms with E-state index in [1.54, 1.807) is 13.0 Å². The molecule has 0 unspecified atom stereocenters. The van der Waals surface area contributed by atoms with E-state index in [1.807, 2.05) is 4.90 Å². The maximum atomic E-state index is 12.4. The Morgan fingerprint density at radius 3 is 2.68 bits per heavy atom. The first-order valence-electron chi connectivity index (χ1n) is 6.16. The summed E-state index contributed by atoms with van der Waals surface area (Å²) in [6.07, 6.45) is 2.09. The molecule has 1 fully saturated rings. The third-order valence-corrected chi connectivity index (χ3v) is 3.57. The maximum Gasteiger partial charge on any atom is 0.272 e. The number of aryl methyl sites for hydroxylation is 1. The van der Waals surface area contributed by atoms with E-state index in [2.05, 4.69) is 15.9 Å². The molecule has 0 aromatic heterocycles. The van der Waals surface area contributed by atoms with Gasteiger partial charge in [0.25, 0.3) is 11.6 Å². The largest absolute Gasteiger partial charge is 0.335 e. The Morgan fingerprint density at radius 2 is 2.21 bits per heavy atom. The van der Waals surface area contributed by atoms with Gasteiger partial charge in [-0.1, -0.05) is 15.9 Å². The molecule has 19 heavy (non-hydrogen) atoms. The number of halogens is 1. The summed E-state index contributed by atoms with van der Waals surface area (Å²) in [5.41, 5.74) is 1.09. The van der Waals surface area contributed by atoms with Gasteiger partial charge in [0.1, 0.15) is 0 Å². The van der Waals surface area contributed by atoms with Crippen molar-refractivity contribution in [1.82, 2.24) is 4.90 Å². The van der Waals surface area contributed by atoms with Crippen molar-refractivity contribution in [2.45, 2.75) is 25.8 Å². The Labute approximate surface area is 119 Å². The molecule has 0 saturated heterocycles. The SMILES string of the molecule is Cc1cc(C(=O)N(CCBr)C2CC2)ccc1[N+](=O)[O-]. The van der Waals surface area contributed by atoms with Crippen molar-refractivity contribution in [2.24, 2.45) is 0 Å². The number of hydrogen-bond donors (Lipinski definition) is 0. The topological polar surface area (TPSA) is 63.5 Å². The number of benzene rings is 1. The lowest BCUT2D eigenvalue weighted by Gasteiger charge is -2.21. The molecule has 0 aliphatic heterocycles. The van der Waals surface area contributed by atoms with E-state index in [9.17, 15) is 14.9 Å². The minimum absolute atomic E-state index is 0.0417. The van der Waals surface area contributed by atoms with Crippen LogP contribution in [0.5, 0.6) is 0 Å². The van der Waals surface area contributed by atoms with E-state index in [1.165, 1.54) is 12.1 Å². The summed E-state index contributed by atoms with van der Waals surface area (Å²) in [4.78, 5) is 24.6. The number of nitrogens with zero attached hydrogens (tertiary/aromatic N) is 2. The van der Waals surface area contributed by atoms with Gasteiger partial charge in [-0.3, -0.25) is 14.9 Å². The normalized spacial score (nSPS) is 14.2. The van der Waals surface area contributed by atoms with E-state index in [-0.39, 0.29) is 11.6 Å². The summed E-state index contributed by atoms with van der Waals surface area (Å²) in [7, 11) is 0. The average molecular weight is 327 g/mol. The highest BCUT2D eigenvalue weighted by atomic mass is 79.9. The summed E-state index contributed by atoms with van der Waals surface area (Å²) >= 11 is 3.35. The molecule has 0 spiro atoms. The zero-order chi connectivity index (χ0) is 14.0. The first-order chi connectivity index (χ1) is 9.04. The van der Waals surface area contributed by atoms with Gasteiger partial charge in [-0.15, -0.1) is 0 Å². The van der Waals surface area contributed by atoms with Gasteiger partial charge in [0.05, 0.1) is 4.92 Å². The van der Waals surface area contributed by atoms with E-state index in [4.69, 9.17) is 0 Å². The van der Waals surface area contributed by atoms with Crippen molar-refractivity contribution in [3.8, 4) is 0 Å². The molecule has 1 amide bonds. The van der Waals surface area contributed by atoms with Gasteiger partial charge in [0.15, 0.2) is 0 Å². The zero-order valence-electron chi connectivity index (χ0n) is 10.6. The number of carbonyl (C=O) groups excluding carboxylic acids is 1. The van der Waals surface area contributed by atoms with Crippen LogP contribution in [0.3, 0.4) is 0 Å². The van der Waals surface area contributed by atoms with Gasteiger partial charge in [-0.25, -0.2) is 0 Å². The number of hydrogen-bond acceptors (Lipinski definition) is 3. The van der Waals surface area contributed by atoms with Crippen LogP contribution in [0.2, 0.25) is 0 Å². The number of nitro groups is 1. The van der Waals surface area contributed by atoms with Crippen LogP contribution >= 0.6 is 15.9 Å². The smallest absolute Gasteiger partial charge is 0.272 e. The van der Waals surface area contributed by atoms with Crippen LogP contribution in [-0.2, 0) is 0 Å². The molecule has 0 atom stereocenters. The monoisotopic (exact) mass is 326 g/mol. The van der Waals surface area contributed by atoms with Gasteiger partial charge in [-0.05, 0) is 31.9 Å². The molecule has 5 nitrogen and oxygen atoms in total. The molecule has 1 aliphatic rings. The van der Waals surface area contributed by atoms with Crippen LogP contribution in [0.15, 0.2) is 18.2 Å². The van der Waals surface area contributed by atoms with E-state index in [0.717, 1.165) is 18.2 Å². The van der Waals surface area contributed by atoms with E-state index in [0.29, 0.717) is 23.7 Å². The number of rotatable bonds is 5.